The van der Waals surface area contributed by atoms with E-state index in [1.807, 2.05) is 69.3 Å². The maximum absolute atomic E-state index is 12.8. The molecular weight excluding hydrogens is 302 g/mol. The molecule has 0 saturated carbocycles. The smallest absolute Gasteiger partial charge is 0.304 e. The van der Waals surface area contributed by atoms with Gasteiger partial charge in [-0.25, -0.2) is 0 Å². The number of hydrogen-bond donors (Lipinski definition) is 2. The summed E-state index contributed by atoms with van der Waals surface area (Å²) < 4.78 is 0. The number of carboxylic acid groups (broad SMARTS) is 1. The first kappa shape index (κ1) is 17.7. The summed E-state index contributed by atoms with van der Waals surface area (Å²) in [4.78, 5) is 24.0. The van der Waals surface area contributed by atoms with Crippen LogP contribution in [0.25, 0.3) is 0 Å². The maximum Gasteiger partial charge on any atom is 0.304 e. The van der Waals surface area contributed by atoms with Gasteiger partial charge in [-0.15, -0.1) is 0 Å². The molecule has 0 saturated heterocycles. The van der Waals surface area contributed by atoms with Gasteiger partial charge in [-0.2, -0.15) is 0 Å². The van der Waals surface area contributed by atoms with E-state index in [2.05, 4.69) is 5.32 Å². The van der Waals surface area contributed by atoms with Crippen molar-refractivity contribution in [1.82, 2.24) is 0 Å². The zero-order valence-corrected chi connectivity index (χ0v) is 14.2. The van der Waals surface area contributed by atoms with Crippen molar-refractivity contribution in [3.05, 3.63) is 65.2 Å². The monoisotopic (exact) mass is 325 g/mol. The molecule has 24 heavy (non-hydrogen) atoms. The van der Waals surface area contributed by atoms with Crippen LogP contribution in [0.4, 0.5) is 5.69 Å². The topological polar surface area (TPSA) is 66.4 Å². The SMILES string of the molecule is Cc1ccc(C)c(NC(=O)[C@H](CC(=O)O)[C@H](C)c2ccccc2)c1. The third-order valence-corrected chi connectivity index (χ3v) is 4.31. The van der Waals surface area contributed by atoms with Crippen molar-refractivity contribution in [2.75, 3.05) is 5.32 Å². The van der Waals surface area contributed by atoms with Crippen molar-refractivity contribution in [1.29, 1.82) is 0 Å². The van der Waals surface area contributed by atoms with E-state index in [0.29, 0.717) is 0 Å². The number of carbonyl (C=O) groups is 2. The minimum Gasteiger partial charge on any atom is -0.481 e. The van der Waals surface area contributed by atoms with Crippen molar-refractivity contribution < 1.29 is 14.7 Å². The summed E-state index contributed by atoms with van der Waals surface area (Å²) in [5.74, 6) is -2.06. The molecule has 0 bridgehead atoms. The number of carbonyl (C=O) groups excluding carboxylic acids is 1. The molecule has 2 N–H and O–H groups in total. The lowest BCUT2D eigenvalue weighted by molar-refractivity contribution is -0.140. The van der Waals surface area contributed by atoms with Gasteiger partial charge in [0.25, 0.3) is 0 Å². The quantitative estimate of drug-likeness (QED) is 0.839. The Hall–Kier alpha value is -2.62. The van der Waals surface area contributed by atoms with Gasteiger partial charge in [0.2, 0.25) is 5.91 Å². The second kappa shape index (κ2) is 7.77. The average molecular weight is 325 g/mol. The second-order valence-corrected chi connectivity index (χ2v) is 6.21. The summed E-state index contributed by atoms with van der Waals surface area (Å²) >= 11 is 0. The van der Waals surface area contributed by atoms with Crippen LogP contribution >= 0.6 is 0 Å². The molecule has 2 aromatic rings. The van der Waals surface area contributed by atoms with E-state index in [-0.39, 0.29) is 18.2 Å². The minimum atomic E-state index is -0.973. The van der Waals surface area contributed by atoms with Crippen LogP contribution in [0.15, 0.2) is 48.5 Å². The van der Waals surface area contributed by atoms with E-state index in [0.717, 1.165) is 22.4 Å². The highest BCUT2D eigenvalue weighted by molar-refractivity contribution is 5.95. The first-order valence-corrected chi connectivity index (χ1v) is 8.03. The molecule has 0 heterocycles. The van der Waals surface area contributed by atoms with Gasteiger partial charge < -0.3 is 10.4 Å². The largest absolute Gasteiger partial charge is 0.481 e. The number of rotatable bonds is 6. The molecule has 4 nitrogen and oxygen atoms in total. The minimum absolute atomic E-state index is 0.188. The molecule has 0 aliphatic carbocycles. The molecule has 126 valence electrons. The van der Waals surface area contributed by atoms with Crippen LogP contribution in [0.1, 0.15) is 36.0 Å². The predicted octanol–water partition coefficient (Wildman–Crippen LogP) is 4.14. The normalized spacial score (nSPS) is 13.1. The van der Waals surface area contributed by atoms with Crippen LogP contribution in [0.5, 0.6) is 0 Å². The summed E-state index contributed by atoms with van der Waals surface area (Å²) in [6.07, 6.45) is -0.202. The molecular formula is C20H23NO3. The van der Waals surface area contributed by atoms with Crippen LogP contribution in [0, 0.1) is 19.8 Å². The number of carboxylic acids is 1. The lowest BCUT2D eigenvalue weighted by Gasteiger charge is -2.23. The highest BCUT2D eigenvalue weighted by Crippen LogP contribution is 2.29. The third-order valence-electron chi connectivity index (χ3n) is 4.31. The van der Waals surface area contributed by atoms with Crippen molar-refractivity contribution in [3.63, 3.8) is 0 Å². The third kappa shape index (κ3) is 4.44. The van der Waals surface area contributed by atoms with Crippen molar-refractivity contribution >= 4 is 17.6 Å². The fourth-order valence-corrected chi connectivity index (χ4v) is 2.77. The van der Waals surface area contributed by atoms with Gasteiger partial charge in [0, 0.05) is 5.69 Å². The first-order chi connectivity index (χ1) is 11.4. The van der Waals surface area contributed by atoms with Crippen LogP contribution < -0.4 is 5.32 Å². The number of amides is 1. The van der Waals surface area contributed by atoms with Gasteiger partial charge in [-0.3, -0.25) is 9.59 Å². The number of aryl methyl sites for hydroxylation is 2. The fourth-order valence-electron chi connectivity index (χ4n) is 2.77. The summed E-state index contributed by atoms with van der Waals surface area (Å²) in [5, 5.41) is 12.1. The summed E-state index contributed by atoms with van der Waals surface area (Å²) in [7, 11) is 0. The van der Waals surface area contributed by atoms with Crippen molar-refractivity contribution in [2.45, 2.75) is 33.1 Å². The van der Waals surface area contributed by atoms with E-state index >= 15 is 0 Å². The molecule has 2 rings (SSSR count). The molecule has 0 spiro atoms. The molecule has 2 atom stereocenters. The number of aliphatic carboxylic acids is 1. The number of hydrogen-bond acceptors (Lipinski definition) is 2. The van der Waals surface area contributed by atoms with Crippen LogP contribution in [0.2, 0.25) is 0 Å². The van der Waals surface area contributed by atoms with Gasteiger partial charge in [0.1, 0.15) is 0 Å². The first-order valence-electron chi connectivity index (χ1n) is 8.03. The van der Waals surface area contributed by atoms with Crippen molar-refractivity contribution in [2.24, 2.45) is 5.92 Å². The summed E-state index contributed by atoms with van der Waals surface area (Å²) in [5.41, 5.74) is 3.69. The standard InChI is InChI=1S/C20H23NO3/c1-13-9-10-14(2)18(11-13)21-20(24)17(12-19(22)23)15(3)16-7-5-4-6-8-16/h4-11,15,17H,12H2,1-3H3,(H,21,24)(H,22,23)/t15-,17-/m1/s1. The Morgan fingerprint density at radius 2 is 1.75 bits per heavy atom. The van der Waals surface area contributed by atoms with Crippen molar-refractivity contribution in [3.8, 4) is 0 Å². The molecule has 2 aromatic carbocycles. The van der Waals surface area contributed by atoms with Crippen LogP contribution in [-0.4, -0.2) is 17.0 Å². The molecule has 0 fully saturated rings. The molecule has 1 amide bonds. The zero-order chi connectivity index (χ0) is 17.7. The fraction of sp³-hybridized carbons (Fsp3) is 0.300. The van der Waals surface area contributed by atoms with Crippen LogP contribution in [0.3, 0.4) is 0 Å². The van der Waals surface area contributed by atoms with E-state index in [1.165, 1.54) is 0 Å². The second-order valence-electron chi connectivity index (χ2n) is 6.21. The molecule has 0 radical (unpaired) electrons. The molecule has 4 heteroatoms. The lowest BCUT2D eigenvalue weighted by atomic mass is 9.84. The number of anilines is 1. The molecule has 0 unspecified atom stereocenters. The highest BCUT2D eigenvalue weighted by Gasteiger charge is 2.29. The highest BCUT2D eigenvalue weighted by atomic mass is 16.4. The predicted molar refractivity (Wildman–Crippen MR) is 95.1 cm³/mol. The van der Waals surface area contributed by atoms with E-state index < -0.39 is 11.9 Å². The Morgan fingerprint density at radius 3 is 2.38 bits per heavy atom. The summed E-state index contributed by atoms with van der Waals surface area (Å²) in [6.45, 7) is 5.77. The van der Waals surface area contributed by atoms with Gasteiger partial charge in [0.05, 0.1) is 12.3 Å². The zero-order valence-electron chi connectivity index (χ0n) is 14.2. The summed E-state index contributed by atoms with van der Waals surface area (Å²) in [6, 6.07) is 15.4. The molecule has 0 aliphatic rings. The molecule has 0 aliphatic heterocycles. The Kier molecular flexibility index (Phi) is 5.74. The molecule has 0 aromatic heterocycles. The van der Waals surface area contributed by atoms with E-state index in [1.54, 1.807) is 0 Å². The van der Waals surface area contributed by atoms with Gasteiger partial charge in [-0.05, 0) is 42.5 Å². The average Bonchev–Trinajstić information content (AvgIpc) is 2.56. The lowest BCUT2D eigenvalue weighted by Crippen LogP contribution is -2.29. The van der Waals surface area contributed by atoms with E-state index in [4.69, 9.17) is 0 Å². The Bertz CT molecular complexity index is 725. The Balaban J connectivity index is 2.25. The van der Waals surface area contributed by atoms with Gasteiger partial charge >= 0.3 is 5.97 Å². The number of benzene rings is 2. The van der Waals surface area contributed by atoms with Gasteiger partial charge in [-0.1, -0.05) is 49.4 Å². The Morgan fingerprint density at radius 1 is 1.08 bits per heavy atom. The van der Waals surface area contributed by atoms with Crippen LogP contribution in [-0.2, 0) is 9.59 Å². The Labute approximate surface area is 142 Å². The van der Waals surface area contributed by atoms with Gasteiger partial charge in [0.15, 0.2) is 0 Å². The van der Waals surface area contributed by atoms with E-state index in [9.17, 15) is 14.7 Å². The maximum atomic E-state index is 12.8. The number of nitrogens with one attached hydrogen (secondary N) is 1.